The van der Waals surface area contributed by atoms with E-state index in [1.54, 1.807) is 0 Å². The Labute approximate surface area is 89.1 Å². The molecule has 1 aliphatic rings. The lowest BCUT2D eigenvalue weighted by atomic mass is 10.4. The van der Waals surface area contributed by atoms with Gasteiger partial charge in [-0.2, -0.15) is 0 Å². The van der Waals surface area contributed by atoms with Crippen molar-refractivity contribution in [3.63, 3.8) is 0 Å². The molecule has 4 heteroatoms. The number of thiophene rings is 1. The van der Waals surface area contributed by atoms with Crippen molar-refractivity contribution in [3.05, 3.63) is 15.9 Å². The predicted octanol–water partition coefficient (Wildman–Crippen LogP) is 3.31. The van der Waals surface area contributed by atoms with Crippen LogP contribution in [0.4, 0.5) is 0 Å². The molecule has 1 fully saturated rings. The maximum Gasteiger partial charge on any atom is 0.0710 e. The number of nitrogens with one attached hydrogen (secondary N) is 1. The number of rotatable bonds is 2. The van der Waals surface area contributed by atoms with Gasteiger partial charge in [0.1, 0.15) is 0 Å². The number of halogens is 1. The Hall–Kier alpha value is 0.490. The minimum absolute atomic E-state index is 0.649. The zero-order chi connectivity index (χ0) is 8.39. The molecule has 1 aliphatic heterocycles. The molecule has 1 aromatic rings. The minimum Gasteiger partial charge on any atom is -0.305 e. The van der Waals surface area contributed by atoms with Gasteiger partial charge in [0, 0.05) is 0 Å². The van der Waals surface area contributed by atoms with Gasteiger partial charge in [0.05, 0.1) is 13.4 Å². The molecule has 0 spiro atoms. The van der Waals surface area contributed by atoms with Gasteiger partial charge in [0.25, 0.3) is 0 Å². The van der Waals surface area contributed by atoms with Gasteiger partial charge in [-0.15, -0.1) is 11.3 Å². The van der Waals surface area contributed by atoms with Crippen molar-refractivity contribution >= 4 is 39.0 Å². The Bertz CT molecular complexity index is 255. The molecule has 1 atom stereocenters. The van der Waals surface area contributed by atoms with E-state index in [0.29, 0.717) is 5.37 Å². The van der Waals surface area contributed by atoms with Crippen LogP contribution in [0.5, 0.6) is 0 Å². The van der Waals surface area contributed by atoms with Crippen LogP contribution in [0.1, 0.15) is 12.8 Å². The SMILES string of the molecule is Brc1ccc(SC2CCCN2)s1. The Kier molecular flexibility index (Phi) is 3.12. The number of hydrogen-bond donors (Lipinski definition) is 1. The number of hydrogen-bond acceptors (Lipinski definition) is 3. The van der Waals surface area contributed by atoms with E-state index in [-0.39, 0.29) is 0 Å². The molecule has 1 aromatic heterocycles. The molecule has 0 aromatic carbocycles. The third-order valence-corrected chi connectivity index (χ3v) is 4.83. The van der Waals surface area contributed by atoms with Crippen LogP contribution in [-0.2, 0) is 0 Å². The van der Waals surface area contributed by atoms with Crippen molar-refractivity contribution in [1.29, 1.82) is 0 Å². The van der Waals surface area contributed by atoms with Crippen molar-refractivity contribution < 1.29 is 0 Å². The van der Waals surface area contributed by atoms with Crippen LogP contribution >= 0.6 is 39.0 Å². The average Bonchev–Trinajstić information content (AvgIpc) is 2.63. The highest BCUT2D eigenvalue weighted by atomic mass is 79.9. The zero-order valence-corrected chi connectivity index (χ0v) is 9.77. The first-order valence-corrected chi connectivity index (χ1v) is 6.49. The van der Waals surface area contributed by atoms with Crippen LogP contribution in [0.2, 0.25) is 0 Å². The van der Waals surface area contributed by atoms with E-state index >= 15 is 0 Å². The van der Waals surface area contributed by atoms with Crippen LogP contribution in [0, 0.1) is 0 Å². The standard InChI is InChI=1S/C8H10BrNS2/c9-6-3-4-8(11-6)12-7-2-1-5-10-7/h3-4,7,10H,1-2,5H2. The van der Waals surface area contributed by atoms with E-state index in [1.165, 1.54) is 27.4 Å². The molecule has 1 N–H and O–H groups in total. The van der Waals surface area contributed by atoms with Gasteiger partial charge in [0.15, 0.2) is 0 Å². The molecule has 0 aliphatic carbocycles. The summed E-state index contributed by atoms with van der Waals surface area (Å²) < 4.78 is 2.63. The second-order valence-electron chi connectivity index (χ2n) is 2.76. The van der Waals surface area contributed by atoms with E-state index < -0.39 is 0 Å². The Morgan fingerprint density at radius 2 is 2.50 bits per heavy atom. The van der Waals surface area contributed by atoms with Crippen LogP contribution in [0.3, 0.4) is 0 Å². The van der Waals surface area contributed by atoms with Crippen molar-refractivity contribution in [2.45, 2.75) is 22.4 Å². The molecule has 0 amide bonds. The Morgan fingerprint density at radius 1 is 1.58 bits per heavy atom. The fourth-order valence-electron chi connectivity index (χ4n) is 1.25. The average molecular weight is 264 g/mol. The fourth-order valence-corrected chi connectivity index (χ4v) is 4.42. The maximum atomic E-state index is 3.47. The second-order valence-corrected chi connectivity index (χ2v) is 6.73. The summed E-state index contributed by atoms with van der Waals surface area (Å²) in [6, 6.07) is 4.29. The molecule has 0 radical (unpaired) electrons. The summed E-state index contributed by atoms with van der Waals surface area (Å²) in [5.74, 6) is 0. The van der Waals surface area contributed by atoms with Gasteiger partial charge in [-0.25, -0.2) is 0 Å². The lowest BCUT2D eigenvalue weighted by molar-refractivity contribution is 0.807. The smallest absolute Gasteiger partial charge is 0.0710 e. The first-order chi connectivity index (χ1) is 5.84. The van der Waals surface area contributed by atoms with E-state index in [0.717, 1.165) is 0 Å². The summed E-state index contributed by atoms with van der Waals surface area (Å²) >= 11 is 7.23. The lowest BCUT2D eigenvalue weighted by Crippen LogP contribution is -2.16. The molecule has 2 heterocycles. The quantitative estimate of drug-likeness (QED) is 0.879. The van der Waals surface area contributed by atoms with Crippen molar-refractivity contribution in [2.24, 2.45) is 0 Å². The molecule has 1 nitrogen and oxygen atoms in total. The normalized spacial score (nSPS) is 23.2. The van der Waals surface area contributed by atoms with Crippen LogP contribution < -0.4 is 5.32 Å². The summed E-state index contributed by atoms with van der Waals surface area (Å²) in [5, 5.41) is 4.12. The number of thioether (sulfide) groups is 1. The Balaban J connectivity index is 1.94. The highest BCUT2D eigenvalue weighted by Gasteiger charge is 2.15. The van der Waals surface area contributed by atoms with Gasteiger partial charge in [-0.05, 0) is 47.4 Å². The van der Waals surface area contributed by atoms with E-state index in [1.807, 2.05) is 23.1 Å². The third kappa shape index (κ3) is 2.25. The van der Waals surface area contributed by atoms with Crippen LogP contribution in [0.25, 0.3) is 0 Å². The Morgan fingerprint density at radius 3 is 3.08 bits per heavy atom. The molecule has 0 saturated carbocycles. The highest BCUT2D eigenvalue weighted by molar-refractivity contribution is 9.11. The molecular formula is C8H10BrNS2. The fraction of sp³-hybridized carbons (Fsp3) is 0.500. The summed E-state index contributed by atoms with van der Waals surface area (Å²) in [6.07, 6.45) is 2.63. The lowest BCUT2D eigenvalue weighted by Gasteiger charge is -2.06. The molecule has 1 saturated heterocycles. The molecular weight excluding hydrogens is 254 g/mol. The van der Waals surface area contributed by atoms with E-state index in [2.05, 4.69) is 33.4 Å². The highest BCUT2D eigenvalue weighted by Crippen LogP contribution is 2.34. The monoisotopic (exact) mass is 263 g/mol. The molecule has 0 bridgehead atoms. The van der Waals surface area contributed by atoms with Crippen molar-refractivity contribution in [1.82, 2.24) is 5.32 Å². The maximum absolute atomic E-state index is 3.47. The summed E-state index contributed by atoms with van der Waals surface area (Å²) in [7, 11) is 0. The van der Waals surface area contributed by atoms with E-state index in [4.69, 9.17) is 0 Å². The van der Waals surface area contributed by atoms with Crippen molar-refractivity contribution in [3.8, 4) is 0 Å². The largest absolute Gasteiger partial charge is 0.305 e. The molecule has 2 rings (SSSR count). The summed E-state index contributed by atoms with van der Waals surface area (Å²) in [4.78, 5) is 0. The topological polar surface area (TPSA) is 12.0 Å². The van der Waals surface area contributed by atoms with E-state index in [9.17, 15) is 0 Å². The molecule has 1 unspecified atom stereocenters. The minimum atomic E-state index is 0.649. The second kappa shape index (κ2) is 4.13. The van der Waals surface area contributed by atoms with Crippen LogP contribution in [0.15, 0.2) is 20.1 Å². The third-order valence-electron chi connectivity index (χ3n) is 1.82. The van der Waals surface area contributed by atoms with Gasteiger partial charge >= 0.3 is 0 Å². The molecule has 12 heavy (non-hydrogen) atoms. The van der Waals surface area contributed by atoms with Crippen LogP contribution in [-0.4, -0.2) is 11.9 Å². The van der Waals surface area contributed by atoms with Gasteiger partial charge in [-0.1, -0.05) is 11.8 Å². The molecule has 66 valence electrons. The first-order valence-electron chi connectivity index (χ1n) is 4.00. The van der Waals surface area contributed by atoms with Gasteiger partial charge in [-0.3, -0.25) is 0 Å². The predicted molar refractivity (Wildman–Crippen MR) is 58.9 cm³/mol. The summed E-state index contributed by atoms with van der Waals surface area (Å²) in [5.41, 5.74) is 0. The first kappa shape index (κ1) is 9.06. The van der Waals surface area contributed by atoms with Gasteiger partial charge in [0.2, 0.25) is 0 Å². The van der Waals surface area contributed by atoms with Crippen molar-refractivity contribution in [2.75, 3.05) is 6.54 Å². The van der Waals surface area contributed by atoms with Gasteiger partial charge < -0.3 is 5.32 Å². The summed E-state index contributed by atoms with van der Waals surface area (Å²) in [6.45, 7) is 1.18. The zero-order valence-electron chi connectivity index (χ0n) is 6.55.